The van der Waals surface area contributed by atoms with E-state index in [1.54, 1.807) is 18.4 Å². The highest BCUT2D eigenvalue weighted by Crippen LogP contribution is 2.22. The highest BCUT2D eigenvalue weighted by molar-refractivity contribution is 5.79. The van der Waals surface area contributed by atoms with E-state index in [4.69, 9.17) is 10.2 Å². The number of aromatic nitrogens is 1. The molecule has 0 aliphatic carbocycles. The molecule has 1 aliphatic heterocycles. The number of carbonyl (C=O) groups excluding carboxylic acids is 1. The maximum absolute atomic E-state index is 12.9. The van der Waals surface area contributed by atoms with Gasteiger partial charge in [-0.25, -0.2) is 9.37 Å². The van der Waals surface area contributed by atoms with Crippen LogP contribution in [0.3, 0.4) is 0 Å². The molecule has 3 rings (SSSR count). The van der Waals surface area contributed by atoms with Gasteiger partial charge in [-0.2, -0.15) is 0 Å². The van der Waals surface area contributed by atoms with E-state index in [-0.39, 0.29) is 17.8 Å². The highest BCUT2D eigenvalue weighted by atomic mass is 19.1. The van der Waals surface area contributed by atoms with Crippen molar-refractivity contribution in [2.75, 3.05) is 6.54 Å². The van der Waals surface area contributed by atoms with Crippen LogP contribution in [0, 0.1) is 5.82 Å². The third kappa shape index (κ3) is 3.17. The molecule has 1 aliphatic rings. The number of amides is 1. The number of hydrogen-bond acceptors (Lipinski definition) is 4. The molecule has 2 aromatic rings. The number of hydrogen-bond donors (Lipinski definition) is 1. The molecule has 1 saturated heterocycles. The first kappa shape index (κ1) is 14.7. The molecule has 0 saturated carbocycles. The Kier molecular flexibility index (Phi) is 4.20. The molecule has 0 unspecified atom stereocenters. The summed E-state index contributed by atoms with van der Waals surface area (Å²) in [6.45, 7) is 1.35. The van der Waals surface area contributed by atoms with Crippen molar-refractivity contribution in [3.05, 3.63) is 42.0 Å². The summed E-state index contributed by atoms with van der Waals surface area (Å²) in [5.41, 5.74) is 6.92. The molecule has 2 heterocycles. The van der Waals surface area contributed by atoms with Gasteiger partial charge in [-0.1, -0.05) is 6.42 Å². The number of nitrogens with zero attached hydrogens (tertiary/aromatic N) is 2. The Morgan fingerprint density at radius 1 is 1.36 bits per heavy atom. The molecule has 1 aromatic heterocycles. The van der Waals surface area contributed by atoms with Crippen LogP contribution in [0.2, 0.25) is 0 Å². The minimum Gasteiger partial charge on any atom is -0.444 e. The second-order valence-corrected chi connectivity index (χ2v) is 5.54. The van der Waals surface area contributed by atoms with Gasteiger partial charge in [0, 0.05) is 12.1 Å². The van der Waals surface area contributed by atoms with E-state index in [2.05, 4.69) is 4.98 Å². The number of nitrogens with two attached hydrogens (primary N) is 1. The predicted molar refractivity (Wildman–Crippen MR) is 79.1 cm³/mol. The lowest BCUT2D eigenvalue weighted by atomic mass is 10.0. The summed E-state index contributed by atoms with van der Waals surface area (Å²) >= 11 is 0. The fraction of sp³-hybridized carbons (Fsp3) is 0.375. The van der Waals surface area contributed by atoms with Crippen LogP contribution in [0.25, 0.3) is 11.5 Å². The average Bonchev–Trinajstić information content (AvgIpc) is 2.97. The van der Waals surface area contributed by atoms with Crippen LogP contribution < -0.4 is 5.73 Å². The summed E-state index contributed by atoms with van der Waals surface area (Å²) < 4.78 is 18.4. The Morgan fingerprint density at radius 3 is 2.86 bits per heavy atom. The minimum absolute atomic E-state index is 0.236. The standard InChI is InChI=1S/C16H18FN3O2/c17-12-6-4-11(5-7-12)16-19-13(10-22-16)9-20-8-2-1-3-14(20)15(18)21/h4-7,10,14H,1-3,8-9H2,(H2,18,21)/t14-/m0/s1. The smallest absolute Gasteiger partial charge is 0.234 e. The molecule has 5 nitrogen and oxygen atoms in total. The van der Waals surface area contributed by atoms with E-state index in [9.17, 15) is 9.18 Å². The average molecular weight is 303 g/mol. The third-order valence-electron chi connectivity index (χ3n) is 3.95. The topological polar surface area (TPSA) is 72.4 Å². The zero-order valence-corrected chi connectivity index (χ0v) is 12.2. The molecule has 116 valence electrons. The number of oxazole rings is 1. The van der Waals surface area contributed by atoms with Gasteiger partial charge in [0.15, 0.2) is 0 Å². The Labute approximate surface area is 127 Å². The van der Waals surface area contributed by atoms with Crippen molar-refractivity contribution in [3.8, 4) is 11.5 Å². The molecule has 0 spiro atoms. The quantitative estimate of drug-likeness (QED) is 0.941. The van der Waals surface area contributed by atoms with Crippen molar-refractivity contribution in [2.24, 2.45) is 5.73 Å². The first-order valence-corrected chi connectivity index (χ1v) is 7.37. The minimum atomic E-state index is -0.298. The van der Waals surface area contributed by atoms with Crippen molar-refractivity contribution >= 4 is 5.91 Å². The van der Waals surface area contributed by atoms with Crippen LogP contribution in [-0.4, -0.2) is 28.4 Å². The summed E-state index contributed by atoms with van der Waals surface area (Å²) in [4.78, 5) is 18.0. The van der Waals surface area contributed by atoms with E-state index in [0.717, 1.165) is 37.1 Å². The summed E-state index contributed by atoms with van der Waals surface area (Å²) in [5.74, 6) is -0.141. The van der Waals surface area contributed by atoms with Crippen molar-refractivity contribution in [2.45, 2.75) is 31.8 Å². The van der Waals surface area contributed by atoms with Crippen molar-refractivity contribution in [1.29, 1.82) is 0 Å². The molecular formula is C16H18FN3O2. The molecule has 1 fully saturated rings. The second kappa shape index (κ2) is 6.27. The van der Waals surface area contributed by atoms with Gasteiger partial charge in [0.2, 0.25) is 11.8 Å². The molecule has 0 radical (unpaired) electrons. The number of primary amides is 1. The van der Waals surface area contributed by atoms with Crippen LogP contribution in [0.15, 0.2) is 34.9 Å². The first-order chi connectivity index (χ1) is 10.6. The fourth-order valence-electron chi connectivity index (χ4n) is 2.82. The Balaban J connectivity index is 1.73. The first-order valence-electron chi connectivity index (χ1n) is 7.37. The summed E-state index contributed by atoms with van der Waals surface area (Å²) in [7, 11) is 0. The van der Waals surface area contributed by atoms with Gasteiger partial charge in [-0.15, -0.1) is 0 Å². The van der Waals surface area contributed by atoms with Gasteiger partial charge in [-0.3, -0.25) is 9.69 Å². The Hall–Kier alpha value is -2.21. The largest absolute Gasteiger partial charge is 0.444 e. The van der Waals surface area contributed by atoms with Crippen LogP contribution in [0.5, 0.6) is 0 Å². The van der Waals surface area contributed by atoms with Crippen LogP contribution >= 0.6 is 0 Å². The molecule has 22 heavy (non-hydrogen) atoms. The van der Waals surface area contributed by atoms with Gasteiger partial charge >= 0.3 is 0 Å². The molecule has 2 N–H and O–H groups in total. The lowest BCUT2D eigenvalue weighted by Crippen LogP contribution is -2.47. The lowest BCUT2D eigenvalue weighted by molar-refractivity contribution is -0.124. The van der Waals surface area contributed by atoms with E-state index in [1.165, 1.54) is 12.1 Å². The molecule has 0 bridgehead atoms. The summed E-state index contributed by atoms with van der Waals surface area (Å²) in [5, 5.41) is 0. The normalized spacial score (nSPS) is 19.2. The lowest BCUT2D eigenvalue weighted by Gasteiger charge is -2.32. The molecule has 1 atom stereocenters. The van der Waals surface area contributed by atoms with E-state index >= 15 is 0 Å². The maximum atomic E-state index is 12.9. The number of piperidine rings is 1. The van der Waals surface area contributed by atoms with Gasteiger partial charge < -0.3 is 10.2 Å². The Morgan fingerprint density at radius 2 is 2.14 bits per heavy atom. The zero-order valence-electron chi connectivity index (χ0n) is 12.2. The number of likely N-dealkylation sites (tertiary alicyclic amines) is 1. The Bertz CT molecular complexity index is 654. The van der Waals surface area contributed by atoms with Crippen LogP contribution in [-0.2, 0) is 11.3 Å². The monoisotopic (exact) mass is 303 g/mol. The van der Waals surface area contributed by atoms with Gasteiger partial charge in [0.1, 0.15) is 12.1 Å². The highest BCUT2D eigenvalue weighted by Gasteiger charge is 2.27. The van der Waals surface area contributed by atoms with Crippen LogP contribution in [0.4, 0.5) is 4.39 Å². The molecule has 6 heteroatoms. The second-order valence-electron chi connectivity index (χ2n) is 5.54. The third-order valence-corrected chi connectivity index (χ3v) is 3.95. The maximum Gasteiger partial charge on any atom is 0.234 e. The van der Waals surface area contributed by atoms with Crippen molar-refractivity contribution < 1.29 is 13.6 Å². The van der Waals surface area contributed by atoms with Gasteiger partial charge in [-0.05, 0) is 43.7 Å². The van der Waals surface area contributed by atoms with Crippen LogP contribution in [0.1, 0.15) is 25.0 Å². The van der Waals surface area contributed by atoms with E-state index < -0.39 is 0 Å². The predicted octanol–water partition coefficient (Wildman–Crippen LogP) is 2.32. The number of benzene rings is 1. The summed E-state index contributed by atoms with van der Waals surface area (Å²) in [6.07, 6.45) is 4.43. The SMILES string of the molecule is NC(=O)[C@@H]1CCCCN1Cc1coc(-c2ccc(F)cc2)n1. The van der Waals surface area contributed by atoms with Gasteiger partial charge in [0.05, 0.1) is 11.7 Å². The molecule has 1 amide bonds. The molecule has 1 aromatic carbocycles. The van der Waals surface area contributed by atoms with E-state index in [0.29, 0.717) is 12.4 Å². The molecular weight excluding hydrogens is 285 g/mol. The zero-order chi connectivity index (χ0) is 15.5. The van der Waals surface area contributed by atoms with Crippen molar-refractivity contribution in [1.82, 2.24) is 9.88 Å². The number of halogens is 1. The van der Waals surface area contributed by atoms with Crippen molar-refractivity contribution in [3.63, 3.8) is 0 Å². The fourth-order valence-corrected chi connectivity index (χ4v) is 2.82. The van der Waals surface area contributed by atoms with Gasteiger partial charge in [0.25, 0.3) is 0 Å². The summed E-state index contributed by atoms with van der Waals surface area (Å²) in [6, 6.07) is 5.75. The number of carbonyl (C=O) groups is 1. The number of rotatable bonds is 4. The van der Waals surface area contributed by atoms with E-state index in [1.807, 2.05) is 4.90 Å².